The summed E-state index contributed by atoms with van der Waals surface area (Å²) in [5.74, 6) is -1.85. The predicted molar refractivity (Wildman–Crippen MR) is 148 cm³/mol. The van der Waals surface area contributed by atoms with Gasteiger partial charge in [-0.05, 0) is 39.8 Å². The Kier molecular flexibility index (Phi) is 10.5. The van der Waals surface area contributed by atoms with Gasteiger partial charge in [0.2, 0.25) is 0 Å². The topological polar surface area (TPSA) is 188 Å². The third-order valence-corrected chi connectivity index (χ3v) is 7.90. The summed E-state index contributed by atoms with van der Waals surface area (Å²) in [6.45, 7) is 8.65. The number of benzene rings is 1. The van der Waals surface area contributed by atoms with Gasteiger partial charge < -0.3 is 23.7 Å². The lowest BCUT2D eigenvalue weighted by Crippen LogP contribution is -2.46. The van der Waals surface area contributed by atoms with Crippen molar-refractivity contribution in [1.82, 2.24) is 14.6 Å². The van der Waals surface area contributed by atoms with E-state index in [9.17, 15) is 29.0 Å². The largest absolute Gasteiger partial charge is 0.462 e. The highest BCUT2D eigenvalue weighted by Crippen LogP contribution is 2.49. The van der Waals surface area contributed by atoms with E-state index in [1.54, 1.807) is 45.9 Å². The summed E-state index contributed by atoms with van der Waals surface area (Å²) in [6.07, 6.45) is -3.49. The maximum absolute atomic E-state index is 14.0. The quantitative estimate of drug-likeness (QED) is 0.266. The van der Waals surface area contributed by atoms with Gasteiger partial charge in [0, 0.05) is 12.3 Å². The van der Waals surface area contributed by atoms with E-state index >= 15 is 0 Å². The third kappa shape index (κ3) is 7.54. The SMILES string of the molecule is CC(C)OC(=O)[C@H](C)NP(=O)(OC[C@H]1O[C@@H](n2c(=O)cc[nH]c2=O)[C@](C)(C#N)[C@@H]1OC(=O)C(C)C)Oc1ccccc1. The van der Waals surface area contributed by atoms with Gasteiger partial charge in [0.05, 0.1) is 24.7 Å². The van der Waals surface area contributed by atoms with E-state index in [0.29, 0.717) is 4.57 Å². The van der Waals surface area contributed by atoms with Crippen molar-refractivity contribution < 1.29 is 37.4 Å². The molecule has 14 nitrogen and oxygen atoms in total. The summed E-state index contributed by atoms with van der Waals surface area (Å²) >= 11 is 0. The van der Waals surface area contributed by atoms with Crippen molar-refractivity contribution in [2.75, 3.05) is 6.61 Å². The molecule has 3 rings (SSSR count). The molecule has 1 aromatic heterocycles. The van der Waals surface area contributed by atoms with Crippen LogP contribution in [-0.2, 0) is 32.9 Å². The Balaban J connectivity index is 1.98. The van der Waals surface area contributed by atoms with Crippen LogP contribution >= 0.6 is 7.75 Å². The molecule has 2 heterocycles. The van der Waals surface area contributed by atoms with Gasteiger partial charge in [-0.2, -0.15) is 10.3 Å². The molecule has 2 N–H and O–H groups in total. The van der Waals surface area contributed by atoms with Gasteiger partial charge in [-0.3, -0.25) is 18.9 Å². The molecule has 0 radical (unpaired) electrons. The molecule has 1 unspecified atom stereocenters. The average Bonchev–Trinajstić information content (AvgIpc) is 3.18. The standard InChI is InChI=1S/C27H35N4O10P/c1-16(2)23(33)40-22-20(39-25(27(22,6)15-28)31-21(32)12-13-29-26(31)35)14-37-42(36,41-19-10-8-7-9-11-19)30-18(5)24(34)38-17(3)4/h7-13,16-18,20,22,25H,14H2,1-6H3,(H,29,35)(H,30,36)/t18-,20+,22+,25+,27+,42?/m0/s1. The number of carbonyl (C=O) groups excluding carboxylic acids is 2. The first-order chi connectivity index (χ1) is 19.7. The number of nitrogens with zero attached hydrogens (tertiary/aromatic N) is 2. The van der Waals surface area contributed by atoms with Crippen molar-refractivity contribution in [3.63, 3.8) is 0 Å². The molecule has 2 aromatic rings. The number of para-hydroxylation sites is 1. The third-order valence-electron chi connectivity index (χ3n) is 6.26. The molecule has 6 atom stereocenters. The summed E-state index contributed by atoms with van der Waals surface area (Å²) < 4.78 is 42.8. The number of ether oxygens (including phenoxy) is 3. The Labute approximate surface area is 242 Å². The molecule has 1 aliphatic rings. The molecule has 1 fully saturated rings. The van der Waals surface area contributed by atoms with E-state index in [1.807, 2.05) is 6.07 Å². The summed E-state index contributed by atoms with van der Waals surface area (Å²) in [6, 6.07) is 9.98. The second kappa shape index (κ2) is 13.5. The van der Waals surface area contributed by atoms with E-state index in [1.165, 1.54) is 26.0 Å². The van der Waals surface area contributed by atoms with Crippen molar-refractivity contribution in [3.8, 4) is 11.8 Å². The molecule has 0 spiro atoms. The van der Waals surface area contributed by atoms with Crippen LogP contribution in [0.15, 0.2) is 52.2 Å². The first-order valence-corrected chi connectivity index (χ1v) is 14.8. The van der Waals surface area contributed by atoms with Crippen LogP contribution in [0, 0.1) is 22.7 Å². The van der Waals surface area contributed by atoms with Gasteiger partial charge in [-0.1, -0.05) is 32.0 Å². The molecule has 1 aromatic carbocycles. The lowest BCUT2D eigenvalue weighted by molar-refractivity contribution is -0.159. The van der Waals surface area contributed by atoms with Crippen molar-refractivity contribution in [2.45, 2.75) is 72.1 Å². The molecule has 15 heteroatoms. The molecule has 1 saturated heterocycles. The Bertz CT molecular complexity index is 1440. The molecule has 0 bridgehead atoms. The van der Waals surface area contributed by atoms with Gasteiger partial charge >= 0.3 is 25.4 Å². The van der Waals surface area contributed by atoms with E-state index in [0.717, 1.165) is 12.3 Å². The number of nitriles is 1. The van der Waals surface area contributed by atoms with Crippen LogP contribution in [0.1, 0.15) is 47.8 Å². The number of hydrogen-bond donors (Lipinski definition) is 2. The predicted octanol–water partition coefficient (Wildman–Crippen LogP) is 2.67. The smallest absolute Gasteiger partial charge is 0.459 e. The number of carbonyl (C=O) groups is 2. The van der Waals surface area contributed by atoms with Crippen molar-refractivity contribution in [3.05, 3.63) is 63.4 Å². The number of aromatic amines is 1. The molecular formula is C27H35N4O10P. The van der Waals surface area contributed by atoms with Gasteiger partial charge in [0.25, 0.3) is 5.56 Å². The second-order valence-corrected chi connectivity index (χ2v) is 12.2. The Morgan fingerprint density at radius 3 is 2.38 bits per heavy atom. The highest BCUT2D eigenvalue weighted by Gasteiger charge is 2.59. The molecule has 0 amide bonds. The number of nitrogens with one attached hydrogen (secondary N) is 2. The van der Waals surface area contributed by atoms with Crippen LogP contribution < -0.4 is 20.9 Å². The zero-order valence-corrected chi connectivity index (χ0v) is 25.0. The lowest BCUT2D eigenvalue weighted by Gasteiger charge is -2.29. The highest BCUT2D eigenvalue weighted by atomic mass is 31.2. The Hall–Kier alpha value is -3.76. The fourth-order valence-corrected chi connectivity index (χ4v) is 5.60. The summed E-state index contributed by atoms with van der Waals surface area (Å²) in [7, 11) is -4.38. The molecule has 0 aliphatic carbocycles. The highest BCUT2D eigenvalue weighted by molar-refractivity contribution is 7.52. The minimum Gasteiger partial charge on any atom is -0.462 e. The molecule has 228 valence electrons. The van der Waals surface area contributed by atoms with Crippen LogP contribution in [0.25, 0.3) is 0 Å². The maximum Gasteiger partial charge on any atom is 0.459 e. The Morgan fingerprint density at radius 2 is 1.81 bits per heavy atom. The van der Waals surface area contributed by atoms with Gasteiger partial charge in [-0.25, -0.2) is 13.9 Å². The molecular weight excluding hydrogens is 571 g/mol. The van der Waals surface area contributed by atoms with Crippen LogP contribution in [0.4, 0.5) is 0 Å². The maximum atomic E-state index is 14.0. The molecule has 1 aliphatic heterocycles. The number of H-pyrrole nitrogens is 1. The van der Waals surface area contributed by atoms with Crippen molar-refractivity contribution >= 4 is 19.7 Å². The zero-order chi connectivity index (χ0) is 31.2. The Morgan fingerprint density at radius 1 is 1.14 bits per heavy atom. The number of esters is 2. The van der Waals surface area contributed by atoms with E-state index < -0.39 is 79.5 Å². The van der Waals surface area contributed by atoms with Crippen molar-refractivity contribution in [1.29, 1.82) is 5.26 Å². The van der Waals surface area contributed by atoms with E-state index in [-0.39, 0.29) is 5.75 Å². The van der Waals surface area contributed by atoms with Crippen LogP contribution in [0.2, 0.25) is 0 Å². The average molecular weight is 607 g/mol. The van der Waals surface area contributed by atoms with Gasteiger partial charge in [0.1, 0.15) is 23.3 Å². The minimum atomic E-state index is -4.38. The van der Waals surface area contributed by atoms with Gasteiger partial charge in [0.15, 0.2) is 12.3 Å². The second-order valence-electron chi connectivity index (χ2n) is 10.5. The number of rotatable bonds is 12. The number of aromatic nitrogens is 2. The van der Waals surface area contributed by atoms with Crippen LogP contribution in [-0.4, -0.2) is 52.5 Å². The van der Waals surface area contributed by atoms with Gasteiger partial charge in [-0.15, -0.1) is 0 Å². The van der Waals surface area contributed by atoms with E-state index in [4.69, 9.17) is 23.3 Å². The fraction of sp³-hybridized carbons (Fsp3) is 0.519. The number of hydrogen-bond acceptors (Lipinski definition) is 11. The summed E-state index contributed by atoms with van der Waals surface area (Å²) in [4.78, 5) is 52.8. The summed E-state index contributed by atoms with van der Waals surface area (Å²) in [5, 5.41) is 12.8. The monoisotopic (exact) mass is 606 g/mol. The summed E-state index contributed by atoms with van der Waals surface area (Å²) in [5.41, 5.74) is -3.39. The van der Waals surface area contributed by atoms with E-state index in [2.05, 4.69) is 10.1 Å². The van der Waals surface area contributed by atoms with Crippen LogP contribution in [0.5, 0.6) is 5.75 Å². The first kappa shape index (κ1) is 32.8. The van der Waals surface area contributed by atoms with Crippen LogP contribution in [0.3, 0.4) is 0 Å². The fourth-order valence-electron chi connectivity index (χ4n) is 4.10. The normalized spacial score (nSPS) is 24.0. The molecule has 0 saturated carbocycles. The van der Waals surface area contributed by atoms with Crippen molar-refractivity contribution in [2.24, 2.45) is 11.3 Å². The lowest BCUT2D eigenvalue weighted by atomic mass is 9.83. The minimum absolute atomic E-state index is 0.148. The molecule has 42 heavy (non-hydrogen) atoms. The zero-order valence-electron chi connectivity index (χ0n) is 24.1. The first-order valence-electron chi connectivity index (χ1n) is 13.3.